The van der Waals surface area contributed by atoms with Crippen LogP contribution in [0.3, 0.4) is 0 Å². The summed E-state index contributed by atoms with van der Waals surface area (Å²) in [4.78, 5) is 24.9. The van der Waals surface area contributed by atoms with Gasteiger partial charge in [0.25, 0.3) is 0 Å². The minimum Gasteiger partial charge on any atom is -0.494 e. The maximum atomic E-state index is 12.4. The molecule has 6 nitrogen and oxygen atoms in total. The van der Waals surface area contributed by atoms with Gasteiger partial charge in [-0.3, -0.25) is 9.59 Å². The van der Waals surface area contributed by atoms with Crippen LogP contribution in [0.5, 0.6) is 5.75 Å². The first-order valence-corrected chi connectivity index (χ1v) is 8.11. The number of carbonyl (C=O) groups excluding carboxylic acids is 1. The molecule has 1 aromatic rings. The van der Waals surface area contributed by atoms with Crippen molar-refractivity contribution >= 4 is 18.0 Å². The van der Waals surface area contributed by atoms with Gasteiger partial charge in [0.05, 0.1) is 6.61 Å². The lowest BCUT2D eigenvalue weighted by Crippen LogP contribution is -2.45. The summed E-state index contributed by atoms with van der Waals surface area (Å²) < 4.78 is 10.7. The van der Waals surface area contributed by atoms with Crippen LogP contribution in [0.1, 0.15) is 25.3 Å². The number of hydrogen-bond acceptors (Lipinski definition) is 4. The van der Waals surface area contributed by atoms with Gasteiger partial charge in [-0.25, -0.2) is 0 Å². The van der Waals surface area contributed by atoms with Crippen LogP contribution in [0, 0.1) is 0 Å². The molecule has 0 atom stereocenters. The molecular weight excluding hydrogens is 310 g/mol. The summed E-state index contributed by atoms with van der Waals surface area (Å²) in [7, 11) is 0. The van der Waals surface area contributed by atoms with Crippen LogP contribution >= 0.6 is 0 Å². The van der Waals surface area contributed by atoms with Gasteiger partial charge in [0, 0.05) is 25.3 Å². The zero-order chi connectivity index (χ0) is 17.4. The summed E-state index contributed by atoms with van der Waals surface area (Å²) in [6.45, 7) is 3.33. The van der Waals surface area contributed by atoms with Gasteiger partial charge in [-0.15, -0.1) is 0 Å². The maximum Gasteiger partial charge on any atom is 0.323 e. The molecule has 0 saturated carbocycles. The number of rotatable bonds is 7. The van der Waals surface area contributed by atoms with E-state index in [1.807, 2.05) is 31.2 Å². The lowest BCUT2D eigenvalue weighted by Gasteiger charge is -2.32. The Morgan fingerprint density at radius 2 is 1.96 bits per heavy atom. The summed E-state index contributed by atoms with van der Waals surface area (Å²) in [5.74, 6) is -0.529. The Hall–Kier alpha value is -2.34. The topological polar surface area (TPSA) is 76.1 Å². The predicted octanol–water partition coefficient (Wildman–Crippen LogP) is 2.19. The van der Waals surface area contributed by atoms with Gasteiger partial charge >= 0.3 is 5.97 Å². The first-order valence-electron chi connectivity index (χ1n) is 8.11. The fourth-order valence-electron chi connectivity index (χ4n) is 2.63. The van der Waals surface area contributed by atoms with Crippen molar-refractivity contribution in [1.29, 1.82) is 0 Å². The van der Waals surface area contributed by atoms with Crippen LogP contribution < -0.4 is 4.74 Å². The lowest BCUT2D eigenvalue weighted by molar-refractivity contribution is -0.145. The molecular formula is C18H23NO5. The quantitative estimate of drug-likeness (QED) is 0.774. The average Bonchev–Trinajstić information content (AvgIpc) is 2.60. The zero-order valence-electron chi connectivity index (χ0n) is 13.8. The first kappa shape index (κ1) is 18.0. The fraction of sp³-hybridized carbons (Fsp3) is 0.444. The molecule has 0 aliphatic carbocycles. The molecule has 1 aromatic carbocycles. The Morgan fingerprint density at radius 3 is 2.54 bits per heavy atom. The third kappa shape index (κ3) is 5.38. The molecule has 1 fully saturated rings. The highest BCUT2D eigenvalue weighted by molar-refractivity contribution is 5.93. The van der Waals surface area contributed by atoms with E-state index in [1.54, 1.807) is 6.08 Å². The molecule has 130 valence electrons. The van der Waals surface area contributed by atoms with Crippen LogP contribution in [0.15, 0.2) is 30.3 Å². The first-order chi connectivity index (χ1) is 11.6. The molecule has 24 heavy (non-hydrogen) atoms. The molecule has 0 unspecified atom stereocenters. The predicted molar refractivity (Wildman–Crippen MR) is 89.8 cm³/mol. The monoisotopic (exact) mass is 333 g/mol. The second-order valence-corrected chi connectivity index (χ2v) is 5.54. The van der Waals surface area contributed by atoms with Gasteiger partial charge in [0.15, 0.2) is 0 Å². The minimum atomic E-state index is -1.01. The number of benzene rings is 1. The number of ether oxygens (including phenoxy) is 2. The third-order valence-electron chi connectivity index (χ3n) is 3.83. The second-order valence-electron chi connectivity index (χ2n) is 5.54. The summed E-state index contributed by atoms with van der Waals surface area (Å²) in [5.41, 5.74) is 0.856. The molecule has 0 bridgehead atoms. The van der Waals surface area contributed by atoms with Crippen LogP contribution in [0.4, 0.5) is 0 Å². The van der Waals surface area contributed by atoms with E-state index in [-0.39, 0.29) is 18.5 Å². The summed E-state index contributed by atoms with van der Waals surface area (Å²) in [5, 5.41) is 9.07. The van der Waals surface area contributed by atoms with Gasteiger partial charge in [-0.05, 0) is 43.5 Å². The highest BCUT2D eigenvalue weighted by Gasteiger charge is 2.26. The molecule has 1 saturated heterocycles. The normalized spacial score (nSPS) is 15.4. The van der Waals surface area contributed by atoms with Gasteiger partial charge in [0.2, 0.25) is 5.91 Å². The molecule has 1 aliphatic rings. The number of carbonyl (C=O) groups is 2. The molecule has 2 rings (SSSR count). The van der Waals surface area contributed by atoms with Crippen molar-refractivity contribution in [2.75, 3.05) is 26.4 Å². The van der Waals surface area contributed by atoms with Crippen LogP contribution in [0.2, 0.25) is 0 Å². The molecule has 0 spiro atoms. The number of carboxylic acid groups (broad SMARTS) is 1. The Labute approximate surface area is 141 Å². The standard InChI is InChI=1S/C18H23NO5/c1-2-24-16-6-3-14(4-7-16)5-8-17(20)19(13-18(21)22)15-9-11-23-12-10-15/h3-8,15H,2,9-13H2,1H3,(H,21,22). The molecule has 0 aromatic heterocycles. The maximum absolute atomic E-state index is 12.4. The highest BCUT2D eigenvalue weighted by atomic mass is 16.5. The van der Waals surface area contributed by atoms with Crippen molar-refractivity contribution in [2.24, 2.45) is 0 Å². The SMILES string of the molecule is CCOc1ccc(C=CC(=O)N(CC(=O)O)C2CCOCC2)cc1. The number of nitrogens with zero attached hydrogens (tertiary/aromatic N) is 1. The van der Waals surface area contributed by atoms with Gasteiger partial charge < -0.3 is 19.5 Å². The van der Waals surface area contributed by atoms with Crippen LogP contribution in [-0.4, -0.2) is 54.3 Å². The molecule has 1 amide bonds. The van der Waals surface area contributed by atoms with E-state index in [0.29, 0.717) is 32.7 Å². The van der Waals surface area contributed by atoms with Crippen molar-refractivity contribution in [1.82, 2.24) is 4.90 Å². The Morgan fingerprint density at radius 1 is 1.29 bits per heavy atom. The molecule has 1 heterocycles. The fourth-order valence-corrected chi connectivity index (χ4v) is 2.63. The van der Waals surface area contributed by atoms with Crippen molar-refractivity contribution in [3.05, 3.63) is 35.9 Å². The van der Waals surface area contributed by atoms with Crippen molar-refractivity contribution < 1.29 is 24.2 Å². The second kappa shape index (κ2) is 9.08. The van der Waals surface area contributed by atoms with E-state index >= 15 is 0 Å². The van der Waals surface area contributed by atoms with E-state index in [4.69, 9.17) is 14.6 Å². The summed E-state index contributed by atoms with van der Waals surface area (Å²) in [6.07, 6.45) is 4.44. The smallest absolute Gasteiger partial charge is 0.323 e. The molecule has 0 radical (unpaired) electrons. The molecule has 1 N–H and O–H groups in total. The Kier molecular flexibility index (Phi) is 6.81. The van der Waals surface area contributed by atoms with Crippen molar-refractivity contribution in [3.63, 3.8) is 0 Å². The Balaban J connectivity index is 2.03. The largest absolute Gasteiger partial charge is 0.494 e. The van der Waals surface area contributed by atoms with E-state index < -0.39 is 5.97 Å². The number of aliphatic carboxylic acids is 1. The number of amides is 1. The highest BCUT2D eigenvalue weighted by Crippen LogP contribution is 2.16. The van der Waals surface area contributed by atoms with Crippen LogP contribution in [-0.2, 0) is 14.3 Å². The number of hydrogen-bond donors (Lipinski definition) is 1. The Bertz CT molecular complexity index is 576. The zero-order valence-corrected chi connectivity index (χ0v) is 13.8. The number of carboxylic acids is 1. The minimum absolute atomic E-state index is 0.0904. The van der Waals surface area contributed by atoms with E-state index in [1.165, 1.54) is 11.0 Å². The average molecular weight is 333 g/mol. The van der Waals surface area contributed by atoms with Crippen molar-refractivity contribution in [2.45, 2.75) is 25.8 Å². The van der Waals surface area contributed by atoms with E-state index in [2.05, 4.69) is 0 Å². The third-order valence-corrected chi connectivity index (χ3v) is 3.83. The summed E-state index contributed by atoms with van der Waals surface area (Å²) >= 11 is 0. The molecule has 6 heteroatoms. The lowest BCUT2D eigenvalue weighted by atomic mass is 10.1. The van der Waals surface area contributed by atoms with Gasteiger partial charge in [0.1, 0.15) is 12.3 Å². The van der Waals surface area contributed by atoms with Gasteiger partial charge in [-0.2, -0.15) is 0 Å². The van der Waals surface area contributed by atoms with E-state index in [9.17, 15) is 9.59 Å². The van der Waals surface area contributed by atoms with E-state index in [0.717, 1.165) is 11.3 Å². The van der Waals surface area contributed by atoms with Crippen molar-refractivity contribution in [3.8, 4) is 5.75 Å². The molecule has 1 aliphatic heterocycles. The van der Waals surface area contributed by atoms with Gasteiger partial charge in [-0.1, -0.05) is 12.1 Å². The van der Waals surface area contributed by atoms with Crippen LogP contribution in [0.25, 0.3) is 6.08 Å². The summed E-state index contributed by atoms with van der Waals surface area (Å²) in [6, 6.07) is 7.28.